The van der Waals surface area contributed by atoms with E-state index in [1.54, 1.807) is 55.5 Å². The van der Waals surface area contributed by atoms with Gasteiger partial charge in [-0.05, 0) is 68.5 Å². The number of rotatable bonds is 14. The summed E-state index contributed by atoms with van der Waals surface area (Å²) in [5, 5.41) is 0. The first-order valence-corrected chi connectivity index (χ1v) is 9.71. The van der Waals surface area contributed by atoms with Crippen molar-refractivity contribution in [2.45, 2.75) is 32.6 Å². The Labute approximate surface area is 173 Å². The van der Waals surface area contributed by atoms with Crippen molar-refractivity contribution < 1.29 is 19.1 Å². The molecular weight excluding hydrogens is 364 g/mol. The molecule has 0 saturated carbocycles. The summed E-state index contributed by atoms with van der Waals surface area (Å²) in [6.07, 6.45) is 12.0. The van der Waals surface area contributed by atoms with Crippen molar-refractivity contribution in [3.05, 3.63) is 91.1 Å². The molecule has 0 fully saturated rings. The highest BCUT2D eigenvalue weighted by Crippen LogP contribution is 2.14. The number of hydrogen-bond acceptors (Lipinski definition) is 4. The molecule has 0 aliphatic heterocycles. The normalized spacial score (nSPS) is 11.1. The van der Waals surface area contributed by atoms with Crippen LogP contribution in [0, 0.1) is 0 Å². The molecule has 4 nitrogen and oxygen atoms in total. The predicted molar refractivity (Wildman–Crippen MR) is 118 cm³/mol. The number of carbonyl (C=O) groups is 2. The van der Waals surface area contributed by atoms with Crippen LogP contribution < -0.4 is 4.74 Å². The summed E-state index contributed by atoms with van der Waals surface area (Å²) in [5.41, 5.74) is 1.84. The van der Waals surface area contributed by atoms with E-state index in [4.69, 9.17) is 9.47 Å². The fraction of sp³-hybridized carbons (Fsp3) is 0.280. The Morgan fingerprint density at radius 1 is 0.966 bits per heavy atom. The van der Waals surface area contributed by atoms with E-state index >= 15 is 0 Å². The fourth-order valence-electron chi connectivity index (χ4n) is 2.35. The largest absolute Gasteiger partial charge is 0.494 e. The number of benzene rings is 1. The van der Waals surface area contributed by atoms with Crippen LogP contribution in [0.2, 0.25) is 0 Å². The SMILES string of the molecule is C=C/C=C(C=C)/C=C/C(=O)c1ccc(OCCCCCCOC(=O)C(=C)C)cc1. The van der Waals surface area contributed by atoms with Crippen molar-refractivity contribution in [2.75, 3.05) is 13.2 Å². The number of unbranched alkanes of at least 4 members (excludes halogenated alkanes) is 3. The summed E-state index contributed by atoms with van der Waals surface area (Å²) in [4.78, 5) is 23.4. The number of esters is 1. The van der Waals surface area contributed by atoms with Crippen molar-refractivity contribution in [3.63, 3.8) is 0 Å². The maximum absolute atomic E-state index is 12.2. The van der Waals surface area contributed by atoms with Crippen LogP contribution in [0.3, 0.4) is 0 Å². The van der Waals surface area contributed by atoms with Crippen molar-refractivity contribution in [2.24, 2.45) is 0 Å². The molecule has 0 N–H and O–H groups in total. The van der Waals surface area contributed by atoms with Gasteiger partial charge in [-0.3, -0.25) is 4.79 Å². The molecule has 0 aliphatic carbocycles. The van der Waals surface area contributed by atoms with Crippen LogP contribution in [-0.4, -0.2) is 25.0 Å². The van der Waals surface area contributed by atoms with E-state index in [2.05, 4.69) is 19.7 Å². The Kier molecular flexibility index (Phi) is 11.5. The van der Waals surface area contributed by atoms with Gasteiger partial charge in [-0.2, -0.15) is 0 Å². The minimum atomic E-state index is -0.333. The smallest absolute Gasteiger partial charge is 0.333 e. The molecule has 4 heteroatoms. The standard InChI is InChI=1S/C25H30O4/c1-5-11-21(6-2)12-17-24(26)22-13-15-23(16-14-22)28-18-9-7-8-10-19-29-25(27)20(3)4/h5-6,11-17H,1-3,7-10,18-19H2,4H3/b17-12+,21-11+. The molecule has 0 spiro atoms. The maximum Gasteiger partial charge on any atom is 0.333 e. The third kappa shape index (κ3) is 10.1. The van der Waals surface area contributed by atoms with E-state index in [1.807, 2.05) is 0 Å². The molecule has 154 valence electrons. The Morgan fingerprint density at radius 3 is 2.21 bits per heavy atom. The number of allylic oxidation sites excluding steroid dienone is 6. The second-order valence-corrected chi connectivity index (χ2v) is 6.51. The van der Waals surface area contributed by atoms with Gasteiger partial charge in [0.1, 0.15) is 5.75 Å². The fourth-order valence-corrected chi connectivity index (χ4v) is 2.35. The minimum absolute atomic E-state index is 0.0827. The average molecular weight is 395 g/mol. The zero-order valence-electron chi connectivity index (χ0n) is 17.2. The second kappa shape index (κ2) is 13.9. The monoisotopic (exact) mass is 394 g/mol. The number of hydrogen-bond donors (Lipinski definition) is 0. The molecule has 1 aromatic rings. The third-order valence-corrected chi connectivity index (χ3v) is 4.00. The molecule has 0 atom stereocenters. The lowest BCUT2D eigenvalue weighted by atomic mass is 10.1. The van der Waals surface area contributed by atoms with Crippen LogP contribution in [-0.2, 0) is 9.53 Å². The summed E-state index contributed by atoms with van der Waals surface area (Å²) in [7, 11) is 0. The van der Waals surface area contributed by atoms with Crippen LogP contribution in [0.5, 0.6) is 5.75 Å². The molecule has 1 aromatic carbocycles. The van der Waals surface area contributed by atoms with E-state index in [9.17, 15) is 9.59 Å². The summed E-state index contributed by atoms with van der Waals surface area (Å²) in [6.45, 7) is 13.5. The topological polar surface area (TPSA) is 52.6 Å². The molecular formula is C25H30O4. The Hall–Kier alpha value is -3.14. The first-order valence-electron chi connectivity index (χ1n) is 9.71. The zero-order valence-corrected chi connectivity index (χ0v) is 17.2. The van der Waals surface area contributed by atoms with Gasteiger partial charge in [0.2, 0.25) is 0 Å². The molecule has 0 heterocycles. The van der Waals surface area contributed by atoms with Gasteiger partial charge in [-0.25, -0.2) is 4.79 Å². The summed E-state index contributed by atoms with van der Waals surface area (Å²) in [5.74, 6) is 0.320. The van der Waals surface area contributed by atoms with E-state index in [0.717, 1.165) is 37.0 Å². The van der Waals surface area contributed by atoms with Gasteiger partial charge in [0.05, 0.1) is 13.2 Å². The quantitative estimate of drug-likeness (QED) is 0.132. The lowest BCUT2D eigenvalue weighted by Crippen LogP contribution is -2.06. The van der Waals surface area contributed by atoms with Gasteiger partial charge in [0, 0.05) is 11.1 Å². The number of ketones is 1. The summed E-state index contributed by atoms with van der Waals surface area (Å²) in [6, 6.07) is 7.10. The highest BCUT2D eigenvalue weighted by molar-refractivity contribution is 6.04. The lowest BCUT2D eigenvalue weighted by Gasteiger charge is -2.07. The Morgan fingerprint density at radius 2 is 1.62 bits per heavy atom. The minimum Gasteiger partial charge on any atom is -0.494 e. The Bertz CT molecular complexity index is 767. The molecule has 0 amide bonds. The van der Waals surface area contributed by atoms with Gasteiger partial charge in [-0.1, -0.05) is 44.0 Å². The van der Waals surface area contributed by atoms with Crippen molar-refractivity contribution in [1.82, 2.24) is 0 Å². The van der Waals surface area contributed by atoms with Crippen LogP contribution in [0.1, 0.15) is 43.0 Å². The Balaban J connectivity index is 2.28. The van der Waals surface area contributed by atoms with E-state index in [1.165, 1.54) is 6.08 Å². The number of ether oxygens (including phenoxy) is 2. The zero-order chi connectivity index (χ0) is 21.5. The molecule has 0 aliphatic rings. The average Bonchev–Trinajstić information content (AvgIpc) is 2.72. The van der Waals surface area contributed by atoms with Crippen molar-refractivity contribution >= 4 is 11.8 Å². The highest BCUT2D eigenvalue weighted by atomic mass is 16.5. The van der Waals surface area contributed by atoms with Crippen LogP contribution in [0.15, 0.2) is 85.5 Å². The molecule has 0 saturated heterocycles. The van der Waals surface area contributed by atoms with Crippen molar-refractivity contribution in [3.8, 4) is 5.75 Å². The van der Waals surface area contributed by atoms with E-state index < -0.39 is 0 Å². The van der Waals surface area contributed by atoms with Gasteiger partial charge in [0.15, 0.2) is 5.78 Å². The first-order chi connectivity index (χ1) is 14.0. The molecule has 1 rings (SSSR count). The van der Waals surface area contributed by atoms with E-state index in [0.29, 0.717) is 24.4 Å². The van der Waals surface area contributed by atoms with Gasteiger partial charge in [-0.15, -0.1) is 0 Å². The molecule has 29 heavy (non-hydrogen) atoms. The van der Waals surface area contributed by atoms with Crippen molar-refractivity contribution in [1.29, 1.82) is 0 Å². The van der Waals surface area contributed by atoms with Gasteiger partial charge >= 0.3 is 5.97 Å². The van der Waals surface area contributed by atoms with Crippen LogP contribution >= 0.6 is 0 Å². The summed E-state index contributed by atoms with van der Waals surface area (Å²) < 4.78 is 10.7. The van der Waals surface area contributed by atoms with Crippen LogP contribution in [0.4, 0.5) is 0 Å². The third-order valence-electron chi connectivity index (χ3n) is 4.00. The molecule has 0 radical (unpaired) electrons. The van der Waals surface area contributed by atoms with Gasteiger partial charge < -0.3 is 9.47 Å². The van der Waals surface area contributed by atoms with Crippen LogP contribution in [0.25, 0.3) is 0 Å². The number of carbonyl (C=O) groups excluding carboxylic acids is 2. The molecule has 0 bridgehead atoms. The van der Waals surface area contributed by atoms with E-state index in [-0.39, 0.29) is 11.8 Å². The van der Waals surface area contributed by atoms with Gasteiger partial charge in [0.25, 0.3) is 0 Å². The maximum atomic E-state index is 12.2. The highest BCUT2D eigenvalue weighted by Gasteiger charge is 2.03. The first kappa shape index (κ1) is 23.9. The predicted octanol–water partition coefficient (Wildman–Crippen LogP) is 5.78. The lowest BCUT2D eigenvalue weighted by molar-refractivity contribution is -0.139. The molecule has 0 unspecified atom stereocenters. The summed E-state index contributed by atoms with van der Waals surface area (Å²) >= 11 is 0. The second-order valence-electron chi connectivity index (χ2n) is 6.51. The molecule has 0 aromatic heterocycles.